The zero-order chi connectivity index (χ0) is 16.1. The maximum absolute atomic E-state index is 6.04. The SMILES string of the molecule is CC1CCN(C(=S)c2ccccc2OCc2ccccc2)CC1. The Kier molecular flexibility index (Phi) is 5.29. The van der Waals surface area contributed by atoms with Crippen LogP contribution in [0.5, 0.6) is 5.75 Å². The van der Waals surface area contributed by atoms with Crippen LogP contribution in [0.1, 0.15) is 30.9 Å². The van der Waals surface area contributed by atoms with E-state index in [-0.39, 0.29) is 0 Å². The van der Waals surface area contributed by atoms with Gasteiger partial charge < -0.3 is 9.64 Å². The van der Waals surface area contributed by atoms with Crippen molar-refractivity contribution in [1.82, 2.24) is 4.90 Å². The van der Waals surface area contributed by atoms with Crippen molar-refractivity contribution >= 4 is 17.2 Å². The van der Waals surface area contributed by atoms with E-state index in [1.807, 2.05) is 36.4 Å². The van der Waals surface area contributed by atoms with Gasteiger partial charge in [0.25, 0.3) is 0 Å². The molecule has 0 aliphatic carbocycles. The molecule has 0 saturated carbocycles. The van der Waals surface area contributed by atoms with Gasteiger partial charge in [-0.1, -0.05) is 61.6 Å². The average Bonchev–Trinajstić information content (AvgIpc) is 2.61. The van der Waals surface area contributed by atoms with E-state index in [9.17, 15) is 0 Å². The smallest absolute Gasteiger partial charge is 0.130 e. The second-order valence-electron chi connectivity index (χ2n) is 6.25. The van der Waals surface area contributed by atoms with Crippen molar-refractivity contribution in [2.24, 2.45) is 5.92 Å². The predicted octanol–water partition coefficient (Wildman–Crippen LogP) is 4.67. The molecule has 0 radical (unpaired) electrons. The van der Waals surface area contributed by atoms with E-state index in [0.717, 1.165) is 35.3 Å². The Bertz CT molecular complexity index is 648. The third-order valence-electron chi connectivity index (χ3n) is 4.43. The molecular weight excluding hydrogens is 302 g/mol. The molecule has 0 N–H and O–H groups in total. The van der Waals surface area contributed by atoms with Crippen LogP contribution in [-0.4, -0.2) is 23.0 Å². The minimum atomic E-state index is 0.567. The Balaban J connectivity index is 1.71. The van der Waals surface area contributed by atoms with Crippen molar-refractivity contribution in [2.45, 2.75) is 26.4 Å². The van der Waals surface area contributed by atoms with Gasteiger partial charge in [-0.05, 0) is 36.5 Å². The fraction of sp³-hybridized carbons (Fsp3) is 0.350. The highest BCUT2D eigenvalue weighted by Gasteiger charge is 2.20. The normalized spacial score (nSPS) is 15.4. The second kappa shape index (κ2) is 7.60. The van der Waals surface area contributed by atoms with Crippen molar-refractivity contribution in [3.8, 4) is 5.75 Å². The van der Waals surface area contributed by atoms with Crippen molar-refractivity contribution in [2.75, 3.05) is 13.1 Å². The molecule has 0 bridgehead atoms. The van der Waals surface area contributed by atoms with E-state index in [2.05, 4.69) is 30.0 Å². The van der Waals surface area contributed by atoms with Crippen molar-refractivity contribution < 1.29 is 4.74 Å². The highest BCUT2D eigenvalue weighted by molar-refractivity contribution is 7.80. The fourth-order valence-corrected chi connectivity index (χ4v) is 3.24. The topological polar surface area (TPSA) is 12.5 Å². The molecule has 0 amide bonds. The zero-order valence-electron chi connectivity index (χ0n) is 13.6. The monoisotopic (exact) mass is 325 g/mol. The van der Waals surface area contributed by atoms with E-state index in [0.29, 0.717) is 6.61 Å². The Morgan fingerprint density at radius 2 is 1.70 bits per heavy atom. The van der Waals surface area contributed by atoms with E-state index >= 15 is 0 Å². The second-order valence-corrected chi connectivity index (χ2v) is 6.63. The molecule has 0 aromatic heterocycles. The zero-order valence-corrected chi connectivity index (χ0v) is 14.4. The maximum atomic E-state index is 6.04. The molecule has 2 nitrogen and oxygen atoms in total. The first-order valence-electron chi connectivity index (χ1n) is 8.29. The van der Waals surface area contributed by atoms with Crippen LogP contribution in [0.4, 0.5) is 0 Å². The van der Waals surface area contributed by atoms with Crippen LogP contribution in [0.3, 0.4) is 0 Å². The van der Waals surface area contributed by atoms with Gasteiger partial charge in [0.05, 0.1) is 5.56 Å². The summed E-state index contributed by atoms with van der Waals surface area (Å²) in [6, 6.07) is 18.4. The molecule has 1 aliphatic heterocycles. The largest absolute Gasteiger partial charge is 0.488 e. The number of benzene rings is 2. The molecule has 2 aromatic carbocycles. The molecule has 0 unspecified atom stereocenters. The van der Waals surface area contributed by atoms with Gasteiger partial charge >= 0.3 is 0 Å². The molecule has 1 aliphatic rings. The Hall–Kier alpha value is -1.87. The summed E-state index contributed by atoms with van der Waals surface area (Å²) in [6.45, 7) is 4.98. The lowest BCUT2D eigenvalue weighted by Gasteiger charge is -2.32. The number of nitrogens with zero attached hydrogens (tertiary/aromatic N) is 1. The van der Waals surface area contributed by atoms with Gasteiger partial charge in [-0.3, -0.25) is 0 Å². The summed E-state index contributed by atoms with van der Waals surface area (Å²) >= 11 is 5.74. The molecule has 0 spiro atoms. The number of ether oxygens (including phenoxy) is 1. The van der Waals surface area contributed by atoms with Crippen LogP contribution < -0.4 is 4.74 Å². The van der Waals surface area contributed by atoms with Crippen LogP contribution >= 0.6 is 12.2 Å². The lowest BCUT2D eigenvalue weighted by atomic mass is 9.99. The van der Waals surface area contributed by atoms with Crippen molar-refractivity contribution in [3.05, 3.63) is 65.7 Å². The maximum Gasteiger partial charge on any atom is 0.130 e. The molecule has 2 aromatic rings. The van der Waals surface area contributed by atoms with Gasteiger partial charge in [0.1, 0.15) is 17.3 Å². The standard InChI is InChI=1S/C20H23NOS/c1-16-11-13-21(14-12-16)20(23)18-9-5-6-10-19(18)22-15-17-7-3-2-4-8-17/h2-10,16H,11-15H2,1H3. The fourth-order valence-electron chi connectivity index (χ4n) is 2.89. The lowest BCUT2D eigenvalue weighted by Crippen LogP contribution is -2.37. The molecule has 1 saturated heterocycles. The van der Waals surface area contributed by atoms with Crippen LogP contribution in [0.2, 0.25) is 0 Å². The number of hydrogen-bond acceptors (Lipinski definition) is 2. The number of likely N-dealkylation sites (tertiary alicyclic amines) is 1. The molecule has 120 valence electrons. The van der Waals surface area contributed by atoms with Gasteiger partial charge in [-0.2, -0.15) is 0 Å². The van der Waals surface area contributed by atoms with Crippen molar-refractivity contribution in [1.29, 1.82) is 0 Å². The summed E-state index contributed by atoms with van der Waals surface area (Å²) in [5, 5.41) is 0. The average molecular weight is 325 g/mol. The van der Waals surface area contributed by atoms with Gasteiger partial charge in [0.2, 0.25) is 0 Å². The molecule has 23 heavy (non-hydrogen) atoms. The Morgan fingerprint density at radius 1 is 1.04 bits per heavy atom. The molecule has 3 rings (SSSR count). The van der Waals surface area contributed by atoms with Gasteiger partial charge in [0.15, 0.2) is 0 Å². The minimum absolute atomic E-state index is 0.567. The van der Waals surface area contributed by atoms with Crippen LogP contribution in [-0.2, 0) is 6.61 Å². The van der Waals surface area contributed by atoms with Crippen LogP contribution in [0.25, 0.3) is 0 Å². The van der Waals surface area contributed by atoms with Crippen LogP contribution in [0, 0.1) is 5.92 Å². The number of rotatable bonds is 4. The number of thiocarbonyl (C=S) groups is 1. The first-order valence-corrected chi connectivity index (χ1v) is 8.70. The number of hydrogen-bond donors (Lipinski definition) is 0. The van der Waals surface area contributed by atoms with Gasteiger partial charge in [0, 0.05) is 13.1 Å². The third kappa shape index (κ3) is 4.11. The molecule has 1 heterocycles. The van der Waals surface area contributed by atoms with E-state index < -0.39 is 0 Å². The number of piperidine rings is 1. The first kappa shape index (κ1) is 16.0. The third-order valence-corrected chi connectivity index (χ3v) is 4.90. The van der Waals surface area contributed by atoms with Crippen LogP contribution in [0.15, 0.2) is 54.6 Å². The summed E-state index contributed by atoms with van der Waals surface area (Å²) in [6.07, 6.45) is 2.43. The van der Waals surface area contributed by atoms with E-state index in [1.165, 1.54) is 18.4 Å². The quantitative estimate of drug-likeness (QED) is 0.758. The summed E-state index contributed by atoms with van der Waals surface area (Å²) in [7, 11) is 0. The predicted molar refractivity (Wildman–Crippen MR) is 98.9 cm³/mol. The highest BCUT2D eigenvalue weighted by Crippen LogP contribution is 2.25. The molecule has 3 heteroatoms. The summed E-state index contributed by atoms with van der Waals surface area (Å²) < 4.78 is 6.04. The first-order chi connectivity index (χ1) is 11.2. The molecular formula is C20H23NOS. The van der Waals surface area contributed by atoms with Gasteiger partial charge in [-0.15, -0.1) is 0 Å². The Labute approximate surface area is 144 Å². The molecule has 0 atom stereocenters. The number of para-hydroxylation sites is 1. The Morgan fingerprint density at radius 3 is 2.43 bits per heavy atom. The summed E-state index contributed by atoms with van der Waals surface area (Å²) in [4.78, 5) is 3.24. The highest BCUT2D eigenvalue weighted by atomic mass is 32.1. The van der Waals surface area contributed by atoms with Gasteiger partial charge in [-0.25, -0.2) is 0 Å². The van der Waals surface area contributed by atoms with E-state index in [1.54, 1.807) is 0 Å². The minimum Gasteiger partial charge on any atom is -0.488 e. The summed E-state index contributed by atoms with van der Waals surface area (Å²) in [5.41, 5.74) is 2.20. The van der Waals surface area contributed by atoms with Crippen molar-refractivity contribution in [3.63, 3.8) is 0 Å². The summed E-state index contributed by atoms with van der Waals surface area (Å²) in [5.74, 6) is 1.68. The molecule has 1 fully saturated rings. The van der Waals surface area contributed by atoms with E-state index in [4.69, 9.17) is 17.0 Å². The lowest BCUT2D eigenvalue weighted by molar-refractivity contribution is 0.281.